The maximum absolute atomic E-state index is 13.1. The number of imide groups is 1. The van der Waals surface area contributed by atoms with Crippen LogP contribution in [0.3, 0.4) is 0 Å². The number of hydrogen-bond donors (Lipinski definition) is 0. The van der Waals surface area contributed by atoms with Crippen LogP contribution in [0.25, 0.3) is 23.0 Å². The van der Waals surface area contributed by atoms with Gasteiger partial charge in [0.25, 0.3) is 5.89 Å². The summed E-state index contributed by atoms with van der Waals surface area (Å²) >= 11 is 0. The molecule has 3 aromatic rings. The van der Waals surface area contributed by atoms with Gasteiger partial charge >= 0.3 is 12.2 Å². The summed E-state index contributed by atoms with van der Waals surface area (Å²) in [6.07, 6.45) is 2.71. The molecule has 2 aliphatic heterocycles. The van der Waals surface area contributed by atoms with E-state index in [1.165, 1.54) is 11.1 Å². The van der Waals surface area contributed by atoms with Gasteiger partial charge in [0, 0.05) is 57.2 Å². The van der Waals surface area contributed by atoms with E-state index in [1.54, 1.807) is 40.0 Å². The van der Waals surface area contributed by atoms with Crippen LogP contribution in [0.2, 0.25) is 0 Å². The quantitative estimate of drug-likeness (QED) is 0.281. The highest BCUT2D eigenvalue weighted by Crippen LogP contribution is 2.41. The molecular weight excluding hydrogens is 644 g/mol. The molecule has 268 valence electrons. The molecule has 1 aromatic carbocycles. The molecule has 4 heterocycles. The smallest absolute Gasteiger partial charge is 0.422 e. The van der Waals surface area contributed by atoms with Crippen LogP contribution in [0.5, 0.6) is 0 Å². The SMILES string of the molecule is CCC(=O)N1CCC2(CCN(c3cnc(N(C=O)C(=O)OC(C)(C)C)c(-c4nnc(-c5ccc(CN(C)C(=O)OC(C)(C)C)cc5)o4)n3)C2)C1. The molecule has 0 bridgehead atoms. The molecule has 2 aliphatic rings. The number of ether oxygens (including phenoxy) is 2. The second kappa shape index (κ2) is 14.0. The number of anilines is 2. The molecule has 0 N–H and O–H groups in total. The fourth-order valence-corrected chi connectivity index (χ4v) is 6.04. The van der Waals surface area contributed by atoms with Crippen molar-refractivity contribution in [3.05, 3.63) is 36.0 Å². The van der Waals surface area contributed by atoms with Gasteiger partial charge in [-0.2, -0.15) is 4.90 Å². The first kappa shape index (κ1) is 36.2. The summed E-state index contributed by atoms with van der Waals surface area (Å²) < 4.78 is 17.0. The molecule has 15 heteroatoms. The van der Waals surface area contributed by atoms with Gasteiger partial charge in [-0.15, -0.1) is 10.2 Å². The topological polar surface area (TPSA) is 164 Å². The third-order valence-electron chi connectivity index (χ3n) is 8.47. The third-order valence-corrected chi connectivity index (χ3v) is 8.47. The number of carbonyl (C=O) groups excluding carboxylic acids is 4. The molecule has 5 rings (SSSR count). The molecule has 0 saturated carbocycles. The summed E-state index contributed by atoms with van der Waals surface area (Å²) in [5.41, 5.74) is -0.0436. The summed E-state index contributed by atoms with van der Waals surface area (Å²) in [5.74, 6) is 0.657. The lowest BCUT2D eigenvalue weighted by Gasteiger charge is -2.26. The summed E-state index contributed by atoms with van der Waals surface area (Å²) in [6.45, 7) is 15.5. The van der Waals surface area contributed by atoms with Crippen molar-refractivity contribution < 1.29 is 33.1 Å². The Morgan fingerprint density at radius 2 is 1.58 bits per heavy atom. The number of rotatable bonds is 8. The highest BCUT2D eigenvalue weighted by molar-refractivity contribution is 6.04. The monoisotopic (exact) mass is 690 g/mol. The van der Waals surface area contributed by atoms with Crippen LogP contribution in [-0.2, 0) is 25.6 Å². The van der Waals surface area contributed by atoms with Gasteiger partial charge in [-0.3, -0.25) is 9.59 Å². The Kier molecular flexibility index (Phi) is 10.2. The van der Waals surface area contributed by atoms with E-state index in [2.05, 4.69) is 20.1 Å². The number of hydrogen-bond acceptors (Lipinski definition) is 12. The van der Waals surface area contributed by atoms with Crippen LogP contribution in [0, 0.1) is 5.41 Å². The van der Waals surface area contributed by atoms with Crippen molar-refractivity contribution in [3.63, 3.8) is 0 Å². The molecule has 1 atom stereocenters. The van der Waals surface area contributed by atoms with Crippen LogP contribution >= 0.6 is 0 Å². The minimum absolute atomic E-state index is 0.0324. The lowest BCUT2D eigenvalue weighted by Crippen LogP contribution is -2.37. The molecule has 2 saturated heterocycles. The van der Waals surface area contributed by atoms with Crippen LogP contribution in [-0.4, -0.2) is 98.9 Å². The Balaban J connectivity index is 1.42. The fraction of sp³-hybridized carbons (Fsp3) is 0.543. The van der Waals surface area contributed by atoms with Crippen LogP contribution < -0.4 is 9.80 Å². The molecule has 15 nitrogen and oxygen atoms in total. The van der Waals surface area contributed by atoms with E-state index in [0.717, 1.165) is 29.8 Å². The van der Waals surface area contributed by atoms with E-state index >= 15 is 0 Å². The highest BCUT2D eigenvalue weighted by atomic mass is 16.6. The van der Waals surface area contributed by atoms with Crippen molar-refractivity contribution in [3.8, 4) is 23.0 Å². The Labute approximate surface area is 291 Å². The van der Waals surface area contributed by atoms with E-state index in [1.807, 2.05) is 44.7 Å². The molecule has 2 aromatic heterocycles. The Morgan fingerprint density at radius 3 is 2.22 bits per heavy atom. The zero-order valence-electron chi connectivity index (χ0n) is 30.1. The van der Waals surface area contributed by atoms with Gasteiger partial charge in [0.05, 0.1) is 6.20 Å². The van der Waals surface area contributed by atoms with E-state index in [9.17, 15) is 19.2 Å². The first-order chi connectivity index (χ1) is 23.5. The van der Waals surface area contributed by atoms with Crippen LogP contribution in [0.4, 0.5) is 21.2 Å². The van der Waals surface area contributed by atoms with Crippen molar-refractivity contribution in [1.82, 2.24) is 30.0 Å². The van der Waals surface area contributed by atoms with Crippen molar-refractivity contribution in [1.29, 1.82) is 0 Å². The molecular formula is C35H46N8O7. The summed E-state index contributed by atoms with van der Waals surface area (Å²) in [4.78, 5) is 65.8. The maximum Gasteiger partial charge on any atom is 0.422 e. The standard InChI is InChI=1S/C35H46N8O7/c1-9-26(45)42-17-15-35(21-42)14-16-41(20-35)25-18-36-28(43(22-44)32(47)50-34(5,6)7)27(37-25)30-39-38-29(48-30)24-12-10-23(11-13-24)19-40(8)31(46)49-33(2,3)4/h10-13,18,22H,9,14-17,19-21H2,1-8H3. The van der Waals surface area contributed by atoms with Gasteiger partial charge in [0.1, 0.15) is 17.0 Å². The van der Waals surface area contributed by atoms with Crippen molar-refractivity contribution in [2.45, 2.75) is 85.5 Å². The summed E-state index contributed by atoms with van der Waals surface area (Å²) in [6, 6.07) is 7.25. The molecule has 2 fully saturated rings. The highest BCUT2D eigenvalue weighted by Gasteiger charge is 2.45. The van der Waals surface area contributed by atoms with Gasteiger partial charge in [0.15, 0.2) is 11.5 Å². The Morgan fingerprint density at radius 1 is 0.940 bits per heavy atom. The lowest BCUT2D eigenvalue weighted by molar-refractivity contribution is -0.130. The second-order valence-electron chi connectivity index (χ2n) is 14.9. The average molecular weight is 691 g/mol. The molecule has 1 spiro atoms. The van der Waals surface area contributed by atoms with Crippen LogP contribution in [0.1, 0.15) is 73.3 Å². The molecule has 1 unspecified atom stereocenters. The average Bonchev–Trinajstić information content (AvgIpc) is 3.81. The van der Waals surface area contributed by atoms with Crippen molar-refractivity contribution in [2.75, 3.05) is 43.0 Å². The molecule has 0 aliphatic carbocycles. The zero-order chi connectivity index (χ0) is 36.4. The van der Waals surface area contributed by atoms with Gasteiger partial charge in [0.2, 0.25) is 18.2 Å². The Bertz CT molecular complexity index is 1730. The predicted molar refractivity (Wildman–Crippen MR) is 184 cm³/mol. The van der Waals surface area contributed by atoms with Gasteiger partial charge in [-0.05, 0) is 72.1 Å². The maximum atomic E-state index is 13.1. The number of aromatic nitrogens is 4. The second-order valence-corrected chi connectivity index (χ2v) is 14.9. The molecule has 4 amide bonds. The fourth-order valence-electron chi connectivity index (χ4n) is 6.04. The Hall–Kier alpha value is -5.08. The third kappa shape index (κ3) is 8.37. The lowest BCUT2D eigenvalue weighted by atomic mass is 9.86. The largest absolute Gasteiger partial charge is 0.444 e. The van der Waals surface area contributed by atoms with E-state index in [4.69, 9.17) is 18.9 Å². The number of likely N-dealkylation sites (tertiary alicyclic amines) is 1. The van der Waals surface area contributed by atoms with Gasteiger partial charge < -0.3 is 28.6 Å². The minimum atomic E-state index is -0.936. The summed E-state index contributed by atoms with van der Waals surface area (Å²) in [7, 11) is 1.66. The number of benzene rings is 1. The number of carbonyl (C=O) groups is 4. The van der Waals surface area contributed by atoms with E-state index in [0.29, 0.717) is 50.4 Å². The van der Waals surface area contributed by atoms with Gasteiger partial charge in [-0.1, -0.05) is 19.1 Å². The van der Waals surface area contributed by atoms with Crippen LogP contribution in [0.15, 0.2) is 34.9 Å². The van der Waals surface area contributed by atoms with E-state index in [-0.39, 0.29) is 34.6 Å². The van der Waals surface area contributed by atoms with Crippen molar-refractivity contribution >= 4 is 36.1 Å². The molecule has 0 radical (unpaired) electrons. The molecule has 50 heavy (non-hydrogen) atoms. The first-order valence-electron chi connectivity index (χ1n) is 16.7. The number of nitrogens with zero attached hydrogens (tertiary/aromatic N) is 8. The zero-order valence-corrected chi connectivity index (χ0v) is 30.1. The normalized spacial score (nSPS) is 17.6. The first-order valence-corrected chi connectivity index (χ1v) is 16.7. The van der Waals surface area contributed by atoms with Crippen molar-refractivity contribution in [2.24, 2.45) is 5.41 Å². The minimum Gasteiger partial charge on any atom is -0.444 e. The predicted octanol–water partition coefficient (Wildman–Crippen LogP) is 5.30. The number of amides is 4. The summed E-state index contributed by atoms with van der Waals surface area (Å²) in [5, 5.41) is 8.46. The van der Waals surface area contributed by atoms with E-state index < -0.39 is 23.4 Å². The van der Waals surface area contributed by atoms with Gasteiger partial charge in [-0.25, -0.2) is 19.6 Å².